The number of benzene rings is 1. The summed E-state index contributed by atoms with van der Waals surface area (Å²) >= 11 is 0. The van der Waals surface area contributed by atoms with E-state index in [1.54, 1.807) is 6.20 Å². The van der Waals surface area contributed by atoms with E-state index in [2.05, 4.69) is 55.2 Å². The SMILES string of the molecule is CCCCCC=CCCCCC(=O)Oc1ccc(-c2ccc(CCCCCOCCC)cc2)nc1. The molecule has 0 aliphatic carbocycles. The zero-order chi connectivity index (χ0) is 25.0. The fourth-order valence-electron chi connectivity index (χ4n) is 3.87. The van der Waals surface area contributed by atoms with E-state index in [-0.39, 0.29) is 5.97 Å². The molecule has 4 nitrogen and oxygen atoms in total. The zero-order valence-electron chi connectivity index (χ0n) is 22.0. The van der Waals surface area contributed by atoms with E-state index in [1.165, 1.54) is 44.1 Å². The van der Waals surface area contributed by atoms with Crippen LogP contribution in [0.4, 0.5) is 0 Å². The van der Waals surface area contributed by atoms with Gasteiger partial charge in [-0.2, -0.15) is 0 Å². The monoisotopic (exact) mass is 479 g/mol. The molecule has 0 saturated carbocycles. The third-order valence-corrected chi connectivity index (χ3v) is 5.96. The second-order valence-electron chi connectivity index (χ2n) is 9.19. The first-order valence-electron chi connectivity index (χ1n) is 13.7. The first-order chi connectivity index (χ1) is 17.2. The van der Waals surface area contributed by atoms with Gasteiger partial charge in [0.15, 0.2) is 0 Å². The van der Waals surface area contributed by atoms with Gasteiger partial charge in [0, 0.05) is 25.2 Å². The van der Waals surface area contributed by atoms with Crippen LogP contribution >= 0.6 is 0 Å². The van der Waals surface area contributed by atoms with Gasteiger partial charge in [-0.1, -0.05) is 69.5 Å². The molecule has 0 amide bonds. The Hall–Kier alpha value is -2.46. The van der Waals surface area contributed by atoms with Gasteiger partial charge < -0.3 is 9.47 Å². The van der Waals surface area contributed by atoms with Gasteiger partial charge in [-0.3, -0.25) is 9.78 Å². The Balaban J connectivity index is 1.64. The maximum Gasteiger partial charge on any atom is 0.311 e. The molecule has 1 aromatic heterocycles. The lowest BCUT2D eigenvalue weighted by molar-refractivity contribution is -0.134. The topological polar surface area (TPSA) is 48.4 Å². The minimum atomic E-state index is -0.187. The number of pyridine rings is 1. The quantitative estimate of drug-likeness (QED) is 0.115. The van der Waals surface area contributed by atoms with Gasteiger partial charge in [-0.15, -0.1) is 0 Å². The van der Waals surface area contributed by atoms with E-state index in [0.29, 0.717) is 12.2 Å². The third-order valence-electron chi connectivity index (χ3n) is 5.96. The zero-order valence-corrected chi connectivity index (χ0v) is 22.0. The van der Waals surface area contributed by atoms with Crippen molar-refractivity contribution in [2.75, 3.05) is 13.2 Å². The number of carbonyl (C=O) groups excluding carboxylic acids is 1. The lowest BCUT2D eigenvalue weighted by Gasteiger charge is -2.07. The number of ether oxygens (including phenoxy) is 2. The minimum Gasteiger partial charge on any atom is -0.425 e. The average Bonchev–Trinajstić information content (AvgIpc) is 2.88. The molecule has 0 radical (unpaired) electrons. The van der Waals surface area contributed by atoms with E-state index in [4.69, 9.17) is 9.47 Å². The van der Waals surface area contributed by atoms with Crippen LogP contribution in [0, 0.1) is 0 Å². The van der Waals surface area contributed by atoms with Crippen LogP contribution in [0.5, 0.6) is 5.75 Å². The molecule has 0 atom stereocenters. The van der Waals surface area contributed by atoms with Crippen molar-refractivity contribution in [2.24, 2.45) is 0 Å². The number of unbranched alkanes of at least 4 members (excludes halogenated alkanes) is 7. The molecule has 1 heterocycles. The molecule has 0 N–H and O–H groups in total. The van der Waals surface area contributed by atoms with Crippen molar-refractivity contribution in [2.45, 2.75) is 97.3 Å². The number of rotatable bonds is 19. The predicted octanol–water partition coefficient (Wildman–Crippen LogP) is 8.49. The van der Waals surface area contributed by atoms with Crippen LogP contribution in [0.2, 0.25) is 0 Å². The fraction of sp³-hybridized carbons (Fsp3) is 0.548. The minimum absolute atomic E-state index is 0.187. The number of nitrogens with zero attached hydrogens (tertiary/aromatic N) is 1. The van der Waals surface area contributed by atoms with Crippen LogP contribution in [-0.2, 0) is 16.0 Å². The van der Waals surface area contributed by atoms with Gasteiger partial charge in [0.2, 0.25) is 0 Å². The Labute approximate surface area is 213 Å². The smallest absolute Gasteiger partial charge is 0.311 e. The number of hydrogen-bond acceptors (Lipinski definition) is 4. The van der Waals surface area contributed by atoms with E-state index < -0.39 is 0 Å². The Morgan fingerprint density at radius 1 is 0.800 bits per heavy atom. The largest absolute Gasteiger partial charge is 0.425 e. The number of esters is 1. The first-order valence-corrected chi connectivity index (χ1v) is 13.7. The Morgan fingerprint density at radius 3 is 2.26 bits per heavy atom. The van der Waals surface area contributed by atoms with Crippen molar-refractivity contribution in [3.63, 3.8) is 0 Å². The van der Waals surface area contributed by atoms with Gasteiger partial charge in [0.1, 0.15) is 5.75 Å². The molecular weight excluding hydrogens is 434 g/mol. The molecule has 0 aliphatic heterocycles. The molecule has 1 aromatic carbocycles. The molecule has 4 heteroatoms. The van der Waals surface area contributed by atoms with E-state index in [9.17, 15) is 4.79 Å². The highest BCUT2D eigenvalue weighted by atomic mass is 16.5. The van der Waals surface area contributed by atoms with Crippen molar-refractivity contribution in [3.8, 4) is 17.0 Å². The summed E-state index contributed by atoms with van der Waals surface area (Å²) in [6.45, 7) is 6.11. The van der Waals surface area contributed by atoms with Gasteiger partial charge >= 0.3 is 5.97 Å². The number of hydrogen-bond donors (Lipinski definition) is 0. The van der Waals surface area contributed by atoms with Crippen LogP contribution in [0.15, 0.2) is 54.7 Å². The second-order valence-corrected chi connectivity index (χ2v) is 9.19. The van der Waals surface area contributed by atoms with E-state index in [1.807, 2.05) is 12.1 Å². The molecule has 192 valence electrons. The molecule has 0 saturated heterocycles. The number of aryl methyl sites for hydroxylation is 1. The highest BCUT2D eigenvalue weighted by molar-refractivity contribution is 5.72. The van der Waals surface area contributed by atoms with Crippen LogP contribution in [-0.4, -0.2) is 24.2 Å². The van der Waals surface area contributed by atoms with Crippen molar-refractivity contribution < 1.29 is 14.3 Å². The lowest BCUT2D eigenvalue weighted by Crippen LogP contribution is -2.07. The third kappa shape index (κ3) is 13.3. The Kier molecular flexibility index (Phi) is 15.5. The standard InChI is InChI=1S/C31H45NO3/c1-3-5-6-7-8-9-10-11-14-17-31(33)35-29-22-23-30(32-26-29)28-20-18-27(19-21-28)16-13-12-15-25-34-24-4-2/h8-9,18-23,26H,3-7,10-17,24-25H2,1-2H3. The number of allylic oxidation sites excluding steroid dienone is 2. The van der Waals surface area contributed by atoms with Crippen molar-refractivity contribution in [3.05, 3.63) is 60.3 Å². The lowest BCUT2D eigenvalue weighted by atomic mass is 10.0. The van der Waals surface area contributed by atoms with E-state index in [0.717, 1.165) is 63.0 Å². The Morgan fingerprint density at radius 2 is 1.57 bits per heavy atom. The van der Waals surface area contributed by atoms with Crippen LogP contribution in [0.3, 0.4) is 0 Å². The summed E-state index contributed by atoms with van der Waals surface area (Å²) in [5, 5.41) is 0. The van der Waals surface area contributed by atoms with Crippen molar-refractivity contribution >= 4 is 5.97 Å². The Bertz CT molecular complexity index is 827. The predicted molar refractivity (Wildman–Crippen MR) is 146 cm³/mol. The maximum atomic E-state index is 12.1. The molecule has 2 rings (SSSR count). The first kappa shape index (κ1) is 28.8. The van der Waals surface area contributed by atoms with Gasteiger partial charge in [-0.25, -0.2) is 0 Å². The molecule has 0 aliphatic rings. The van der Waals surface area contributed by atoms with E-state index >= 15 is 0 Å². The average molecular weight is 480 g/mol. The fourth-order valence-corrected chi connectivity index (χ4v) is 3.87. The molecule has 0 bridgehead atoms. The number of aromatic nitrogens is 1. The van der Waals surface area contributed by atoms with Crippen molar-refractivity contribution in [1.29, 1.82) is 0 Å². The summed E-state index contributed by atoms with van der Waals surface area (Å²) in [6.07, 6.45) is 20.2. The van der Waals surface area contributed by atoms with Gasteiger partial charge in [0.25, 0.3) is 0 Å². The van der Waals surface area contributed by atoms with Gasteiger partial charge in [0.05, 0.1) is 11.9 Å². The van der Waals surface area contributed by atoms with Crippen LogP contribution in [0.1, 0.15) is 96.5 Å². The summed E-state index contributed by atoms with van der Waals surface area (Å²) in [5.74, 6) is 0.321. The normalized spacial score (nSPS) is 11.3. The summed E-state index contributed by atoms with van der Waals surface area (Å²) in [4.78, 5) is 16.6. The summed E-state index contributed by atoms with van der Waals surface area (Å²) in [6, 6.07) is 12.3. The molecule has 35 heavy (non-hydrogen) atoms. The highest BCUT2D eigenvalue weighted by Crippen LogP contribution is 2.21. The molecule has 0 spiro atoms. The molecule has 2 aromatic rings. The molecule has 0 unspecified atom stereocenters. The van der Waals surface area contributed by atoms with Crippen LogP contribution < -0.4 is 4.74 Å². The maximum absolute atomic E-state index is 12.1. The van der Waals surface area contributed by atoms with Crippen molar-refractivity contribution in [1.82, 2.24) is 4.98 Å². The summed E-state index contributed by atoms with van der Waals surface area (Å²) in [7, 11) is 0. The summed E-state index contributed by atoms with van der Waals surface area (Å²) < 4.78 is 11.0. The van der Waals surface area contributed by atoms with Crippen LogP contribution in [0.25, 0.3) is 11.3 Å². The highest BCUT2D eigenvalue weighted by Gasteiger charge is 2.06. The second kappa shape index (κ2) is 18.8. The van der Waals surface area contributed by atoms with Gasteiger partial charge in [-0.05, 0) is 75.5 Å². The number of carbonyl (C=O) groups is 1. The summed E-state index contributed by atoms with van der Waals surface area (Å²) in [5.41, 5.74) is 3.30. The molecular formula is C31H45NO3. The molecule has 0 fully saturated rings.